The predicted octanol–water partition coefficient (Wildman–Crippen LogP) is 1.19. The smallest absolute Gasteiger partial charge is 0.109 e. The number of hydrogen-bond acceptors (Lipinski definition) is 1. The maximum absolute atomic E-state index is 4.48. The van der Waals surface area contributed by atoms with Crippen molar-refractivity contribution in [3.63, 3.8) is 0 Å². The largest absolute Gasteiger partial charge is 0.363 e. The molecule has 1 aliphatic carbocycles. The van der Waals surface area contributed by atoms with Crippen LogP contribution in [0.3, 0.4) is 0 Å². The minimum Gasteiger partial charge on any atom is -0.363 e. The lowest BCUT2D eigenvalue weighted by Crippen LogP contribution is -2.41. The van der Waals surface area contributed by atoms with Gasteiger partial charge in [-0.25, -0.2) is 0 Å². The zero-order chi connectivity index (χ0) is 10.3. The van der Waals surface area contributed by atoms with Crippen molar-refractivity contribution < 1.29 is 0 Å². The molecule has 1 saturated heterocycles. The third-order valence-corrected chi connectivity index (χ3v) is 3.94. The lowest BCUT2D eigenvalue weighted by Gasteiger charge is -2.35. The molecule has 1 aliphatic heterocycles. The highest BCUT2D eigenvalue weighted by Crippen LogP contribution is 2.51. The van der Waals surface area contributed by atoms with Crippen molar-refractivity contribution in [1.29, 1.82) is 0 Å². The van der Waals surface area contributed by atoms with E-state index in [1.807, 2.05) is 7.05 Å². The van der Waals surface area contributed by atoms with Crippen LogP contribution in [0.15, 0.2) is 4.99 Å². The molecule has 14 heavy (non-hydrogen) atoms. The highest BCUT2D eigenvalue weighted by molar-refractivity contribution is 6.15. The highest BCUT2D eigenvalue weighted by Gasteiger charge is 2.44. The van der Waals surface area contributed by atoms with Gasteiger partial charge in [0.25, 0.3) is 0 Å². The second-order valence-electron chi connectivity index (χ2n) is 5.73. The number of rotatable bonds is 0. The molecule has 1 heterocycles. The molecule has 0 amide bonds. The summed E-state index contributed by atoms with van der Waals surface area (Å²) in [5.41, 5.74) is 0. The van der Waals surface area contributed by atoms with E-state index in [1.165, 1.54) is 31.6 Å². The summed E-state index contributed by atoms with van der Waals surface area (Å²) in [7, 11) is 6.53. The average Bonchev–Trinajstić information content (AvgIpc) is 2.39. The SMILES string of the molecule is BC1(C)CC2CCN(C)/C(=N\C)C2C1. The maximum Gasteiger partial charge on any atom is 0.109 e. The first kappa shape index (κ1) is 10.1. The molecule has 2 aliphatic rings. The van der Waals surface area contributed by atoms with Crippen molar-refractivity contribution in [3.8, 4) is 0 Å². The maximum atomic E-state index is 4.48. The van der Waals surface area contributed by atoms with Crippen molar-refractivity contribution in [2.45, 2.75) is 31.5 Å². The van der Waals surface area contributed by atoms with Crippen LogP contribution in [-0.2, 0) is 0 Å². The van der Waals surface area contributed by atoms with Gasteiger partial charge in [-0.15, -0.1) is 0 Å². The molecular formula is C11H21BN2. The highest BCUT2D eigenvalue weighted by atomic mass is 15.2. The number of aliphatic imine (C=N–C) groups is 1. The molecule has 3 heteroatoms. The molecule has 0 bridgehead atoms. The number of nitrogens with zero attached hydrogens (tertiary/aromatic N) is 2. The van der Waals surface area contributed by atoms with E-state index >= 15 is 0 Å². The van der Waals surface area contributed by atoms with Crippen molar-refractivity contribution >= 4 is 13.7 Å². The zero-order valence-electron chi connectivity index (χ0n) is 9.88. The Balaban J connectivity index is 2.21. The Hall–Kier alpha value is -0.465. The van der Waals surface area contributed by atoms with E-state index in [1.54, 1.807) is 0 Å². The Morgan fingerprint density at radius 3 is 2.86 bits per heavy atom. The molecule has 1 saturated carbocycles. The molecule has 2 nitrogen and oxygen atoms in total. The van der Waals surface area contributed by atoms with Gasteiger partial charge in [-0.2, -0.15) is 0 Å². The van der Waals surface area contributed by atoms with Crippen LogP contribution < -0.4 is 0 Å². The summed E-state index contributed by atoms with van der Waals surface area (Å²) in [4.78, 5) is 6.83. The number of hydrogen-bond donors (Lipinski definition) is 0. The lowest BCUT2D eigenvalue weighted by atomic mass is 9.68. The molecule has 0 aromatic heterocycles. The minimum atomic E-state index is 0.538. The minimum absolute atomic E-state index is 0.538. The summed E-state index contributed by atoms with van der Waals surface area (Å²) in [6.45, 7) is 3.60. The summed E-state index contributed by atoms with van der Waals surface area (Å²) in [6, 6.07) is 0. The van der Waals surface area contributed by atoms with Crippen molar-refractivity contribution in [2.24, 2.45) is 16.8 Å². The summed E-state index contributed by atoms with van der Waals surface area (Å²) < 4.78 is 0. The Morgan fingerprint density at radius 1 is 1.50 bits per heavy atom. The first-order valence-corrected chi connectivity index (χ1v) is 5.71. The molecule has 0 spiro atoms. The molecule has 0 N–H and O–H groups in total. The third-order valence-electron chi connectivity index (χ3n) is 3.94. The van der Waals surface area contributed by atoms with Gasteiger partial charge in [-0.3, -0.25) is 4.99 Å². The lowest BCUT2D eigenvalue weighted by molar-refractivity contribution is 0.308. The standard InChI is InChI=1S/C11H21BN2/c1-11(12)6-8-4-5-14(3)10(13-2)9(8)7-11/h8-9H,4-7,12H2,1-3H3/b13-10-. The van der Waals surface area contributed by atoms with Crippen LogP contribution in [-0.4, -0.2) is 39.2 Å². The molecule has 2 fully saturated rings. The number of amidine groups is 1. The van der Waals surface area contributed by atoms with Crippen molar-refractivity contribution in [2.75, 3.05) is 20.6 Å². The molecule has 3 atom stereocenters. The van der Waals surface area contributed by atoms with Gasteiger partial charge in [0, 0.05) is 26.6 Å². The van der Waals surface area contributed by atoms with Gasteiger partial charge >= 0.3 is 0 Å². The molecule has 3 unspecified atom stereocenters. The van der Waals surface area contributed by atoms with Crippen LogP contribution in [0.1, 0.15) is 26.2 Å². The molecule has 0 aromatic rings. The van der Waals surface area contributed by atoms with E-state index in [4.69, 9.17) is 0 Å². The van der Waals surface area contributed by atoms with Gasteiger partial charge < -0.3 is 4.90 Å². The first-order chi connectivity index (χ1) is 6.53. The number of fused-ring (bicyclic) bond motifs is 1. The molecule has 0 radical (unpaired) electrons. The Morgan fingerprint density at radius 2 is 2.21 bits per heavy atom. The van der Waals surface area contributed by atoms with Gasteiger partial charge in [-0.05, 0) is 18.8 Å². The summed E-state index contributed by atoms with van der Waals surface area (Å²) in [6.07, 6.45) is 4.09. The average molecular weight is 192 g/mol. The van der Waals surface area contributed by atoms with Crippen LogP contribution in [0.25, 0.3) is 0 Å². The Kier molecular flexibility index (Phi) is 2.36. The first-order valence-electron chi connectivity index (χ1n) is 5.71. The van der Waals surface area contributed by atoms with E-state index in [2.05, 4.69) is 31.7 Å². The van der Waals surface area contributed by atoms with Crippen molar-refractivity contribution in [1.82, 2.24) is 4.90 Å². The second kappa shape index (κ2) is 3.28. The summed E-state index contributed by atoms with van der Waals surface area (Å²) in [5.74, 6) is 3.00. The van der Waals surface area contributed by atoms with Gasteiger partial charge in [0.15, 0.2) is 0 Å². The topological polar surface area (TPSA) is 15.6 Å². The van der Waals surface area contributed by atoms with E-state index in [-0.39, 0.29) is 0 Å². The fourth-order valence-electron chi connectivity index (χ4n) is 3.40. The molecule has 78 valence electrons. The summed E-state index contributed by atoms with van der Waals surface area (Å²) >= 11 is 0. The monoisotopic (exact) mass is 192 g/mol. The quantitative estimate of drug-likeness (QED) is 0.526. The number of likely N-dealkylation sites (tertiary alicyclic amines) is 1. The normalized spacial score (nSPS) is 45.6. The van der Waals surface area contributed by atoms with Gasteiger partial charge in [0.1, 0.15) is 13.7 Å². The van der Waals surface area contributed by atoms with Crippen LogP contribution in [0.2, 0.25) is 5.31 Å². The second-order valence-corrected chi connectivity index (χ2v) is 5.73. The Labute approximate surface area is 88.2 Å². The van der Waals surface area contributed by atoms with Crippen molar-refractivity contribution in [3.05, 3.63) is 0 Å². The van der Waals surface area contributed by atoms with Crippen LogP contribution in [0.5, 0.6) is 0 Å². The zero-order valence-corrected chi connectivity index (χ0v) is 9.88. The molecule has 2 rings (SSSR count). The van der Waals surface area contributed by atoms with Gasteiger partial charge in [0.05, 0.1) is 0 Å². The third kappa shape index (κ3) is 1.57. The fourth-order valence-corrected chi connectivity index (χ4v) is 3.40. The van der Waals surface area contributed by atoms with E-state index in [0.29, 0.717) is 5.31 Å². The van der Waals surface area contributed by atoms with Gasteiger partial charge in [-0.1, -0.05) is 18.7 Å². The molecular weight excluding hydrogens is 171 g/mol. The number of piperidine rings is 1. The Bertz CT molecular complexity index is 260. The summed E-state index contributed by atoms with van der Waals surface area (Å²) in [5, 5.41) is 0.538. The van der Waals surface area contributed by atoms with E-state index < -0.39 is 0 Å². The van der Waals surface area contributed by atoms with Crippen LogP contribution in [0.4, 0.5) is 0 Å². The molecule has 0 aromatic carbocycles. The van der Waals surface area contributed by atoms with E-state index in [9.17, 15) is 0 Å². The fraction of sp³-hybridized carbons (Fsp3) is 0.909. The van der Waals surface area contributed by atoms with Crippen LogP contribution in [0, 0.1) is 11.8 Å². The predicted molar refractivity (Wildman–Crippen MR) is 63.7 cm³/mol. The van der Waals surface area contributed by atoms with E-state index in [0.717, 1.165) is 11.8 Å². The van der Waals surface area contributed by atoms with Crippen LogP contribution >= 0.6 is 0 Å². The van der Waals surface area contributed by atoms with Gasteiger partial charge in [0.2, 0.25) is 0 Å².